The predicted molar refractivity (Wildman–Crippen MR) is 124 cm³/mol. The van der Waals surface area contributed by atoms with Crippen LogP contribution in [0.4, 0.5) is 0 Å². The van der Waals surface area contributed by atoms with Gasteiger partial charge in [0.1, 0.15) is 10.6 Å². The molecule has 1 aromatic carbocycles. The van der Waals surface area contributed by atoms with Crippen LogP contribution >= 0.6 is 34.4 Å². The fourth-order valence-corrected chi connectivity index (χ4v) is 5.56. The largest absolute Gasteiger partial charge is 0.497 e. The van der Waals surface area contributed by atoms with Crippen molar-refractivity contribution in [2.24, 2.45) is 7.05 Å². The SMILES string of the molecule is COc1cccc(CNC(=O)CSc2nc3scc(-c4cccs4)c3c(=O)n2C)c1. The molecule has 0 atom stereocenters. The first-order valence-corrected chi connectivity index (χ1v) is 11.9. The van der Waals surface area contributed by atoms with Crippen LogP contribution in [0.15, 0.2) is 57.1 Å². The first-order valence-electron chi connectivity index (χ1n) is 9.11. The van der Waals surface area contributed by atoms with E-state index >= 15 is 0 Å². The van der Waals surface area contributed by atoms with Gasteiger partial charge in [-0.2, -0.15) is 0 Å². The summed E-state index contributed by atoms with van der Waals surface area (Å²) in [4.78, 5) is 31.6. The van der Waals surface area contributed by atoms with E-state index in [9.17, 15) is 9.59 Å². The summed E-state index contributed by atoms with van der Waals surface area (Å²) >= 11 is 4.31. The molecule has 0 bridgehead atoms. The maximum atomic E-state index is 13.0. The van der Waals surface area contributed by atoms with Gasteiger partial charge < -0.3 is 10.1 Å². The summed E-state index contributed by atoms with van der Waals surface area (Å²) in [6, 6.07) is 11.5. The molecule has 0 spiro atoms. The van der Waals surface area contributed by atoms with Crippen LogP contribution in [0, 0.1) is 0 Å². The third kappa shape index (κ3) is 4.28. The Morgan fingerprint density at radius 3 is 2.90 bits per heavy atom. The van der Waals surface area contributed by atoms with Gasteiger partial charge in [0.2, 0.25) is 5.91 Å². The molecule has 0 aliphatic carbocycles. The van der Waals surface area contributed by atoms with Crippen molar-refractivity contribution in [2.75, 3.05) is 12.9 Å². The van der Waals surface area contributed by atoms with Crippen molar-refractivity contribution in [3.63, 3.8) is 0 Å². The highest BCUT2D eigenvalue weighted by molar-refractivity contribution is 7.99. The number of hydrogen-bond donors (Lipinski definition) is 1. The lowest BCUT2D eigenvalue weighted by atomic mass is 10.2. The third-order valence-electron chi connectivity index (χ3n) is 4.52. The molecule has 0 saturated heterocycles. The van der Waals surface area contributed by atoms with Crippen molar-refractivity contribution in [3.8, 4) is 16.2 Å². The molecular formula is C21H19N3O3S3. The molecule has 4 rings (SSSR count). The van der Waals surface area contributed by atoms with E-state index in [1.54, 1.807) is 25.5 Å². The summed E-state index contributed by atoms with van der Waals surface area (Å²) in [7, 11) is 3.31. The standard InChI is InChI=1S/C21H19N3O3S3/c1-24-20(26)18-15(16-7-4-8-28-16)11-29-19(18)23-21(24)30-12-17(25)22-10-13-5-3-6-14(9-13)27-2/h3-9,11H,10,12H2,1-2H3,(H,22,25). The van der Waals surface area contributed by atoms with E-state index in [1.165, 1.54) is 27.7 Å². The molecule has 0 aliphatic heterocycles. The lowest BCUT2D eigenvalue weighted by Crippen LogP contribution is -2.25. The second-order valence-corrected chi connectivity index (χ2v) is 9.23. The fourth-order valence-electron chi connectivity index (χ4n) is 2.96. The molecule has 3 heterocycles. The lowest BCUT2D eigenvalue weighted by Gasteiger charge is -2.09. The van der Waals surface area contributed by atoms with Gasteiger partial charge in [-0.15, -0.1) is 22.7 Å². The first-order chi connectivity index (χ1) is 14.6. The van der Waals surface area contributed by atoms with Gasteiger partial charge in [-0.3, -0.25) is 14.2 Å². The Hall–Kier alpha value is -2.62. The Labute approximate surface area is 185 Å². The van der Waals surface area contributed by atoms with Crippen LogP contribution in [0.2, 0.25) is 0 Å². The number of fused-ring (bicyclic) bond motifs is 1. The molecule has 6 nitrogen and oxygen atoms in total. The molecule has 1 amide bonds. The van der Waals surface area contributed by atoms with Gasteiger partial charge in [-0.1, -0.05) is 30.0 Å². The van der Waals surface area contributed by atoms with Crippen molar-refractivity contribution in [3.05, 3.63) is 63.1 Å². The van der Waals surface area contributed by atoms with Gasteiger partial charge in [0.15, 0.2) is 5.16 Å². The highest BCUT2D eigenvalue weighted by atomic mass is 32.2. The number of carbonyl (C=O) groups excluding carboxylic acids is 1. The summed E-state index contributed by atoms with van der Waals surface area (Å²) in [6.07, 6.45) is 0. The summed E-state index contributed by atoms with van der Waals surface area (Å²) in [5.74, 6) is 0.808. The topological polar surface area (TPSA) is 73.2 Å². The van der Waals surface area contributed by atoms with Crippen LogP contribution < -0.4 is 15.6 Å². The zero-order valence-electron chi connectivity index (χ0n) is 16.4. The zero-order valence-corrected chi connectivity index (χ0v) is 18.8. The molecule has 0 radical (unpaired) electrons. The molecule has 9 heteroatoms. The van der Waals surface area contributed by atoms with Crippen LogP contribution in [0.25, 0.3) is 20.7 Å². The Balaban J connectivity index is 1.45. The van der Waals surface area contributed by atoms with Gasteiger partial charge in [0.05, 0.1) is 18.2 Å². The van der Waals surface area contributed by atoms with Gasteiger partial charge in [-0.05, 0) is 29.1 Å². The second kappa shape index (κ2) is 9.03. The number of ether oxygens (including phenoxy) is 1. The van der Waals surface area contributed by atoms with E-state index in [4.69, 9.17) is 4.74 Å². The van der Waals surface area contributed by atoms with Gasteiger partial charge in [-0.25, -0.2) is 4.98 Å². The first kappa shape index (κ1) is 20.6. The number of hydrogen-bond acceptors (Lipinski definition) is 7. The van der Waals surface area contributed by atoms with E-state index in [2.05, 4.69) is 10.3 Å². The maximum absolute atomic E-state index is 13.0. The third-order valence-corrected chi connectivity index (χ3v) is 7.32. The highest BCUT2D eigenvalue weighted by Gasteiger charge is 2.17. The monoisotopic (exact) mass is 457 g/mol. The van der Waals surface area contributed by atoms with Crippen LogP contribution in [0.1, 0.15) is 5.56 Å². The molecule has 0 unspecified atom stereocenters. The predicted octanol–water partition coefficient (Wildman–Crippen LogP) is 4.14. The van der Waals surface area contributed by atoms with Crippen molar-refractivity contribution >= 4 is 50.6 Å². The van der Waals surface area contributed by atoms with Gasteiger partial charge in [0.25, 0.3) is 5.56 Å². The number of carbonyl (C=O) groups is 1. The normalized spacial score (nSPS) is 11.0. The Bertz CT molecular complexity index is 1250. The van der Waals surface area contributed by atoms with Crippen molar-refractivity contribution in [1.82, 2.24) is 14.9 Å². The molecule has 154 valence electrons. The van der Waals surface area contributed by atoms with E-state index in [0.717, 1.165) is 21.8 Å². The van der Waals surface area contributed by atoms with Crippen LogP contribution in [-0.4, -0.2) is 28.3 Å². The number of nitrogens with one attached hydrogen (secondary N) is 1. The quantitative estimate of drug-likeness (QED) is 0.334. The van der Waals surface area contributed by atoms with Crippen molar-refractivity contribution in [2.45, 2.75) is 11.7 Å². The van der Waals surface area contributed by atoms with E-state index < -0.39 is 0 Å². The number of amides is 1. The fraction of sp³-hybridized carbons (Fsp3) is 0.190. The van der Waals surface area contributed by atoms with Crippen molar-refractivity contribution < 1.29 is 9.53 Å². The van der Waals surface area contributed by atoms with Gasteiger partial charge in [0, 0.05) is 29.4 Å². The Morgan fingerprint density at radius 1 is 1.27 bits per heavy atom. The number of nitrogens with zero attached hydrogens (tertiary/aromatic N) is 2. The van der Waals surface area contributed by atoms with Crippen LogP contribution in [0.3, 0.4) is 0 Å². The smallest absolute Gasteiger partial charge is 0.263 e. The average molecular weight is 458 g/mol. The average Bonchev–Trinajstić information content (AvgIpc) is 3.43. The molecule has 3 aromatic heterocycles. The molecular weight excluding hydrogens is 438 g/mol. The van der Waals surface area contributed by atoms with Crippen molar-refractivity contribution in [1.29, 1.82) is 0 Å². The molecule has 1 N–H and O–H groups in total. The van der Waals surface area contributed by atoms with E-state index in [-0.39, 0.29) is 17.2 Å². The van der Waals surface area contributed by atoms with E-state index in [0.29, 0.717) is 21.9 Å². The number of benzene rings is 1. The number of methoxy groups -OCH3 is 1. The summed E-state index contributed by atoms with van der Waals surface area (Å²) < 4.78 is 6.72. The molecule has 30 heavy (non-hydrogen) atoms. The number of aromatic nitrogens is 2. The minimum atomic E-state index is -0.123. The Kier molecular flexibility index (Phi) is 6.21. The number of rotatable bonds is 7. The molecule has 0 aliphatic rings. The second-order valence-electron chi connectivity index (χ2n) is 6.48. The summed E-state index contributed by atoms with van der Waals surface area (Å²) in [6.45, 7) is 0.414. The molecule has 4 aromatic rings. The molecule has 0 fully saturated rings. The number of thioether (sulfide) groups is 1. The highest BCUT2D eigenvalue weighted by Crippen LogP contribution is 2.34. The molecule has 0 saturated carbocycles. The van der Waals surface area contributed by atoms with E-state index in [1.807, 2.05) is 47.2 Å². The zero-order chi connectivity index (χ0) is 21.1. The lowest BCUT2D eigenvalue weighted by molar-refractivity contribution is -0.118. The number of thiophene rings is 2. The van der Waals surface area contributed by atoms with Crippen LogP contribution in [-0.2, 0) is 18.4 Å². The minimum Gasteiger partial charge on any atom is -0.497 e. The minimum absolute atomic E-state index is 0.0936. The maximum Gasteiger partial charge on any atom is 0.263 e. The summed E-state index contributed by atoms with van der Waals surface area (Å²) in [5.41, 5.74) is 1.79. The van der Waals surface area contributed by atoms with Gasteiger partial charge >= 0.3 is 0 Å². The Morgan fingerprint density at radius 2 is 2.13 bits per heavy atom. The van der Waals surface area contributed by atoms with Crippen LogP contribution in [0.5, 0.6) is 5.75 Å². The summed E-state index contributed by atoms with van der Waals surface area (Å²) in [5, 5.41) is 8.02.